The first-order valence-corrected chi connectivity index (χ1v) is 20.8. The highest BCUT2D eigenvalue weighted by molar-refractivity contribution is 6.74. The Hall–Kier alpha value is -3.72. The van der Waals surface area contributed by atoms with Gasteiger partial charge in [-0.05, 0) is 86.4 Å². The van der Waals surface area contributed by atoms with Gasteiger partial charge in [0.2, 0.25) is 5.88 Å². The highest BCUT2D eigenvalue weighted by Gasteiger charge is 2.49. The maximum Gasteiger partial charge on any atom is 0.319 e. The highest BCUT2D eigenvalue weighted by atomic mass is 28.4. The van der Waals surface area contributed by atoms with Crippen LogP contribution >= 0.6 is 0 Å². The molecule has 0 unspecified atom stereocenters. The van der Waals surface area contributed by atoms with Crippen LogP contribution in [0.2, 0.25) is 18.1 Å². The van der Waals surface area contributed by atoms with Gasteiger partial charge in [0.25, 0.3) is 0 Å². The Morgan fingerprint density at radius 2 is 1.87 bits per heavy atom. The van der Waals surface area contributed by atoms with Crippen molar-refractivity contribution in [3.63, 3.8) is 0 Å². The molecule has 2 saturated heterocycles. The SMILES string of the molecule is COCOc1cc(-c2nc(OC(C)C)c3c(NCCO[Si](C)(C)C(C)(C)C)nc(OC[C@@]45CCCN4C[C@H](F)C5)nc3c2F)c2cc(F)ccc2c1. The van der Waals surface area contributed by atoms with Crippen molar-refractivity contribution in [1.29, 1.82) is 0 Å². The van der Waals surface area contributed by atoms with E-state index in [1.807, 2.05) is 13.8 Å². The molecule has 10 nitrogen and oxygen atoms in total. The largest absolute Gasteiger partial charge is 0.474 e. The zero-order valence-electron chi connectivity index (χ0n) is 31.4. The number of fused-ring (bicyclic) bond motifs is 3. The summed E-state index contributed by atoms with van der Waals surface area (Å²) < 4.78 is 76.2. The summed E-state index contributed by atoms with van der Waals surface area (Å²) in [4.78, 5) is 16.2. The molecule has 2 aliphatic rings. The second-order valence-electron chi connectivity index (χ2n) is 15.6. The molecule has 14 heteroatoms. The van der Waals surface area contributed by atoms with E-state index in [9.17, 15) is 8.78 Å². The fourth-order valence-corrected chi connectivity index (χ4v) is 7.89. The first kappa shape index (κ1) is 38.0. The van der Waals surface area contributed by atoms with E-state index in [4.69, 9.17) is 33.3 Å². The van der Waals surface area contributed by atoms with Gasteiger partial charge in [-0.1, -0.05) is 26.8 Å². The molecule has 52 heavy (non-hydrogen) atoms. The Labute approximate surface area is 304 Å². The van der Waals surface area contributed by atoms with Crippen LogP contribution in [0.15, 0.2) is 30.3 Å². The lowest BCUT2D eigenvalue weighted by Gasteiger charge is -2.36. The molecule has 0 saturated carbocycles. The molecule has 2 fully saturated rings. The van der Waals surface area contributed by atoms with Crippen molar-refractivity contribution < 1.29 is 36.5 Å². The summed E-state index contributed by atoms with van der Waals surface area (Å²) >= 11 is 0. The van der Waals surface area contributed by atoms with Crippen molar-refractivity contribution in [1.82, 2.24) is 19.9 Å². The molecule has 0 aliphatic carbocycles. The molecular formula is C38H50F3N5O5Si. The van der Waals surface area contributed by atoms with Crippen molar-refractivity contribution >= 4 is 35.8 Å². The van der Waals surface area contributed by atoms with Crippen LogP contribution in [0.3, 0.4) is 0 Å². The van der Waals surface area contributed by atoms with E-state index < -0.39 is 31.7 Å². The predicted octanol–water partition coefficient (Wildman–Crippen LogP) is 8.28. The van der Waals surface area contributed by atoms with Crippen LogP contribution in [-0.4, -0.2) is 92.7 Å². The summed E-state index contributed by atoms with van der Waals surface area (Å²) in [6, 6.07) is 7.50. The van der Waals surface area contributed by atoms with Gasteiger partial charge in [0.1, 0.15) is 46.8 Å². The molecular weight excluding hydrogens is 692 g/mol. The number of rotatable bonds is 14. The molecule has 4 heterocycles. The minimum atomic E-state index is -2.06. The van der Waals surface area contributed by atoms with Gasteiger partial charge in [0, 0.05) is 32.2 Å². The number of halogens is 3. The van der Waals surface area contributed by atoms with Crippen molar-refractivity contribution in [2.45, 2.75) is 89.8 Å². The lowest BCUT2D eigenvalue weighted by Crippen LogP contribution is -2.43. The number of pyridine rings is 1. The third-order valence-electron chi connectivity index (χ3n) is 10.5. The van der Waals surface area contributed by atoms with Crippen molar-refractivity contribution in [2.75, 3.05) is 52.1 Å². The summed E-state index contributed by atoms with van der Waals surface area (Å²) in [5, 5.41) is 4.59. The van der Waals surface area contributed by atoms with E-state index in [0.717, 1.165) is 19.4 Å². The number of alkyl halides is 1. The fraction of sp³-hybridized carbons (Fsp3) is 0.553. The van der Waals surface area contributed by atoms with Gasteiger partial charge in [-0.25, -0.2) is 18.2 Å². The fourth-order valence-electron chi connectivity index (χ4n) is 6.85. The van der Waals surface area contributed by atoms with Crippen molar-refractivity contribution in [3.05, 3.63) is 42.0 Å². The van der Waals surface area contributed by atoms with Crippen LogP contribution in [0.5, 0.6) is 17.6 Å². The maximum atomic E-state index is 17.2. The Kier molecular flexibility index (Phi) is 10.9. The second-order valence-corrected chi connectivity index (χ2v) is 20.4. The molecule has 6 rings (SSSR count). The van der Waals surface area contributed by atoms with Gasteiger partial charge in [-0.3, -0.25) is 4.90 Å². The minimum Gasteiger partial charge on any atom is -0.474 e. The molecule has 4 aromatic rings. The van der Waals surface area contributed by atoms with Crippen LogP contribution < -0.4 is 19.5 Å². The Morgan fingerprint density at radius 1 is 1.08 bits per heavy atom. The first-order valence-electron chi connectivity index (χ1n) is 17.9. The number of hydrogen-bond donors (Lipinski definition) is 1. The third kappa shape index (κ3) is 7.80. The minimum absolute atomic E-state index is 0.0166. The number of anilines is 1. The lowest BCUT2D eigenvalue weighted by atomic mass is 9.95. The van der Waals surface area contributed by atoms with E-state index in [1.54, 1.807) is 18.2 Å². The van der Waals surface area contributed by atoms with E-state index >= 15 is 4.39 Å². The topological polar surface area (TPSA) is 100 Å². The normalized spacial score (nSPS) is 19.5. The number of hydrogen-bond acceptors (Lipinski definition) is 10. The number of ether oxygens (including phenoxy) is 4. The smallest absolute Gasteiger partial charge is 0.319 e. The molecule has 0 amide bonds. The standard InChI is InChI=1S/C38H50F3N5O5Si/c1-23(2)51-35-30-33(31(41)32(43-35)29-18-27(49-22-47-6)16-24-10-11-25(39)17-28(24)29)44-36(48-21-38-12-9-14-46(38)20-26(40)19-38)45-34(30)42-13-15-50-52(7,8)37(3,4)5/h10-11,16-18,23,26H,9,12-15,19-22H2,1-8H3,(H,42,44,45)/t26-,38+/m1/s1. The van der Waals surface area contributed by atoms with Crippen molar-refractivity contribution in [3.8, 4) is 28.9 Å². The maximum absolute atomic E-state index is 17.2. The molecule has 2 atom stereocenters. The summed E-state index contributed by atoms with van der Waals surface area (Å²) in [6.07, 6.45) is 0.794. The van der Waals surface area contributed by atoms with Gasteiger partial charge >= 0.3 is 6.01 Å². The molecule has 2 aromatic carbocycles. The van der Waals surface area contributed by atoms with E-state index in [0.29, 0.717) is 42.6 Å². The number of aromatic nitrogens is 3. The van der Waals surface area contributed by atoms with Crippen LogP contribution in [0.4, 0.5) is 19.0 Å². The monoisotopic (exact) mass is 741 g/mol. The van der Waals surface area contributed by atoms with Crippen LogP contribution in [0.1, 0.15) is 53.9 Å². The number of methoxy groups -OCH3 is 1. The van der Waals surface area contributed by atoms with Gasteiger partial charge in [0.15, 0.2) is 20.9 Å². The average Bonchev–Trinajstić information content (AvgIpc) is 3.60. The Balaban J connectivity index is 1.48. The van der Waals surface area contributed by atoms with E-state index in [-0.39, 0.29) is 64.4 Å². The lowest BCUT2D eigenvalue weighted by molar-refractivity contribution is 0.0512. The number of benzene rings is 2. The molecule has 2 aromatic heterocycles. The van der Waals surface area contributed by atoms with Crippen molar-refractivity contribution in [2.24, 2.45) is 0 Å². The predicted molar refractivity (Wildman–Crippen MR) is 199 cm³/mol. The highest BCUT2D eigenvalue weighted by Crippen LogP contribution is 2.43. The number of nitrogens with zero attached hydrogens (tertiary/aromatic N) is 4. The summed E-state index contributed by atoms with van der Waals surface area (Å²) in [6.45, 7) is 16.6. The summed E-state index contributed by atoms with van der Waals surface area (Å²) in [5.74, 6) is -0.547. The van der Waals surface area contributed by atoms with Gasteiger partial charge in [0.05, 0.1) is 18.2 Å². The zero-order chi connectivity index (χ0) is 37.4. The van der Waals surface area contributed by atoms with E-state index in [2.05, 4.69) is 49.1 Å². The molecule has 0 bridgehead atoms. The quantitative estimate of drug-likeness (QED) is 0.0773. The van der Waals surface area contributed by atoms with Gasteiger partial charge in [-0.2, -0.15) is 9.97 Å². The van der Waals surface area contributed by atoms with Crippen LogP contribution in [-0.2, 0) is 9.16 Å². The zero-order valence-corrected chi connectivity index (χ0v) is 32.4. The summed E-state index contributed by atoms with van der Waals surface area (Å²) in [5.41, 5.74) is -0.409. The third-order valence-corrected chi connectivity index (χ3v) is 15.0. The van der Waals surface area contributed by atoms with Gasteiger partial charge in [-0.15, -0.1) is 0 Å². The molecule has 0 radical (unpaired) electrons. The molecule has 2 aliphatic heterocycles. The van der Waals surface area contributed by atoms with E-state index in [1.165, 1.54) is 19.2 Å². The Bertz CT molecular complexity index is 1930. The molecule has 1 N–H and O–H groups in total. The molecule has 0 spiro atoms. The summed E-state index contributed by atoms with van der Waals surface area (Å²) in [7, 11) is -0.561. The second kappa shape index (κ2) is 15.0. The molecule has 282 valence electrons. The van der Waals surface area contributed by atoms with Gasteiger partial charge < -0.3 is 28.7 Å². The first-order chi connectivity index (χ1) is 24.6. The number of nitrogens with one attached hydrogen (secondary N) is 1. The average molecular weight is 742 g/mol. The van der Waals surface area contributed by atoms with Crippen LogP contribution in [0.25, 0.3) is 32.9 Å². The Morgan fingerprint density at radius 3 is 2.60 bits per heavy atom. The van der Waals surface area contributed by atoms with Crippen LogP contribution in [0, 0.1) is 11.6 Å².